The molecule has 1 aromatic rings. The van der Waals surface area contributed by atoms with Gasteiger partial charge in [-0.05, 0) is 49.9 Å². The first kappa shape index (κ1) is 17.4. The Bertz CT molecular complexity index is 656. The highest BCUT2D eigenvalue weighted by Gasteiger charge is 2.25. The van der Waals surface area contributed by atoms with Gasteiger partial charge < -0.3 is 5.32 Å². The summed E-state index contributed by atoms with van der Waals surface area (Å²) in [6, 6.07) is 6.59. The van der Waals surface area contributed by atoms with Crippen molar-refractivity contribution >= 4 is 21.6 Å². The highest BCUT2D eigenvalue weighted by atomic mass is 32.2. The summed E-state index contributed by atoms with van der Waals surface area (Å²) in [5, 5.41) is 2.90. The third-order valence-electron chi connectivity index (χ3n) is 5.05. The Morgan fingerprint density at radius 3 is 2.08 bits per heavy atom. The molecule has 1 saturated heterocycles. The first-order chi connectivity index (χ1) is 11.6. The molecule has 5 nitrogen and oxygen atoms in total. The Balaban J connectivity index is 1.67. The molecule has 132 valence electrons. The summed E-state index contributed by atoms with van der Waals surface area (Å²) in [6.45, 7) is 1.20. The van der Waals surface area contributed by atoms with Gasteiger partial charge in [0.1, 0.15) is 0 Å². The second kappa shape index (κ2) is 7.66. The molecule has 3 rings (SSSR count). The number of sulfonamides is 1. The van der Waals surface area contributed by atoms with Crippen LogP contribution in [0.4, 0.5) is 5.69 Å². The number of benzene rings is 1. The van der Waals surface area contributed by atoms with E-state index in [1.54, 1.807) is 28.6 Å². The molecule has 1 heterocycles. The zero-order valence-corrected chi connectivity index (χ0v) is 14.9. The van der Waals surface area contributed by atoms with Crippen LogP contribution in [0.5, 0.6) is 0 Å². The quantitative estimate of drug-likeness (QED) is 0.905. The minimum Gasteiger partial charge on any atom is -0.326 e. The van der Waals surface area contributed by atoms with E-state index < -0.39 is 10.0 Å². The molecule has 0 atom stereocenters. The van der Waals surface area contributed by atoms with Gasteiger partial charge >= 0.3 is 0 Å². The molecular weight excluding hydrogens is 324 g/mol. The van der Waals surface area contributed by atoms with Crippen LogP contribution in [0.1, 0.15) is 51.4 Å². The average Bonchev–Trinajstić information content (AvgIpc) is 2.97. The minimum atomic E-state index is -3.43. The van der Waals surface area contributed by atoms with Crippen molar-refractivity contribution in [3.63, 3.8) is 0 Å². The van der Waals surface area contributed by atoms with Gasteiger partial charge in [-0.3, -0.25) is 4.79 Å². The molecule has 24 heavy (non-hydrogen) atoms. The van der Waals surface area contributed by atoms with Crippen LogP contribution in [0.15, 0.2) is 29.2 Å². The highest BCUT2D eigenvalue weighted by molar-refractivity contribution is 7.89. The number of hydrogen-bond acceptors (Lipinski definition) is 3. The van der Waals surface area contributed by atoms with Gasteiger partial charge in [-0.1, -0.05) is 25.7 Å². The Morgan fingerprint density at radius 2 is 1.50 bits per heavy atom. The fourth-order valence-electron chi connectivity index (χ4n) is 3.57. The summed E-state index contributed by atoms with van der Waals surface area (Å²) in [5.41, 5.74) is 0.668. The Kier molecular flexibility index (Phi) is 5.56. The lowest BCUT2D eigenvalue weighted by Crippen LogP contribution is -2.31. The molecule has 0 spiro atoms. The standard InChI is InChI=1S/C18H26N2O3S/c21-18(15-7-3-4-8-15)19-16-9-11-17(12-10-16)24(22,23)20-13-5-1-2-6-14-20/h9-12,15H,1-8,13-14H2,(H,19,21). The SMILES string of the molecule is O=C(Nc1ccc(S(=O)(=O)N2CCCCCC2)cc1)C1CCCC1. The van der Waals surface area contributed by atoms with Gasteiger partial charge in [0.15, 0.2) is 0 Å². The van der Waals surface area contributed by atoms with Gasteiger partial charge in [-0.15, -0.1) is 0 Å². The second-order valence-corrected chi connectivity index (χ2v) is 8.75. The van der Waals surface area contributed by atoms with Gasteiger partial charge in [-0.2, -0.15) is 4.31 Å². The lowest BCUT2D eigenvalue weighted by Gasteiger charge is -2.20. The van der Waals surface area contributed by atoms with E-state index >= 15 is 0 Å². The number of amides is 1. The van der Waals surface area contributed by atoms with Gasteiger partial charge in [0.25, 0.3) is 0 Å². The molecular formula is C18H26N2O3S. The number of nitrogens with zero attached hydrogens (tertiary/aromatic N) is 1. The fraction of sp³-hybridized carbons (Fsp3) is 0.611. The molecule has 1 aromatic carbocycles. The molecule has 1 saturated carbocycles. The number of anilines is 1. The molecule has 0 unspecified atom stereocenters. The Hall–Kier alpha value is -1.40. The molecule has 1 aliphatic carbocycles. The molecule has 6 heteroatoms. The fourth-order valence-corrected chi connectivity index (χ4v) is 5.09. The predicted octanol–water partition coefficient (Wildman–Crippen LogP) is 3.38. The van der Waals surface area contributed by atoms with E-state index in [9.17, 15) is 13.2 Å². The van der Waals surface area contributed by atoms with E-state index in [0.29, 0.717) is 23.7 Å². The topological polar surface area (TPSA) is 66.5 Å². The smallest absolute Gasteiger partial charge is 0.243 e. The molecule has 1 amide bonds. The lowest BCUT2D eigenvalue weighted by molar-refractivity contribution is -0.119. The van der Waals surface area contributed by atoms with E-state index in [2.05, 4.69) is 5.32 Å². The van der Waals surface area contributed by atoms with Crippen LogP contribution in [-0.4, -0.2) is 31.7 Å². The maximum atomic E-state index is 12.7. The monoisotopic (exact) mass is 350 g/mol. The van der Waals surface area contributed by atoms with Crippen LogP contribution < -0.4 is 5.32 Å². The Morgan fingerprint density at radius 1 is 0.917 bits per heavy atom. The third kappa shape index (κ3) is 3.98. The van der Waals surface area contributed by atoms with Crippen LogP contribution in [0.3, 0.4) is 0 Å². The number of hydrogen-bond donors (Lipinski definition) is 1. The molecule has 1 N–H and O–H groups in total. The Labute approximate surface area is 144 Å². The van der Waals surface area contributed by atoms with E-state index in [-0.39, 0.29) is 11.8 Å². The first-order valence-electron chi connectivity index (χ1n) is 8.98. The van der Waals surface area contributed by atoms with E-state index in [1.165, 1.54) is 0 Å². The predicted molar refractivity (Wildman–Crippen MR) is 94.3 cm³/mol. The van der Waals surface area contributed by atoms with Crippen molar-refractivity contribution in [1.82, 2.24) is 4.31 Å². The van der Waals surface area contributed by atoms with Crippen molar-refractivity contribution in [2.24, 2.45) is 5.92 Å². The van der Waals surface area contributed by atoms with Crippen LogP contribution in [0.25, 0.3) is 0 Å². The summed E-state index contributed by atoms with van der Waals surface area (Å²) >= 11 is 0. The molecule has 0 bridgehead atoms. The number of carbonyl (C=O) groups excluding carboxylic acids is 1. The maximum absolute atomic E-state index is 12.7. The van der Waals surface area contributed by atoms with E-state index in [4.69, 9.17) is 0 Å². The summed E-state index contributed by atoms with van der Waals surface area (Å²) < 4.78 is 27.0. The first-order valence-corrected chi connectivity index (χ1v) is 10.4. The lowest BCUT2D eigenvalue weighted by atomic mass is 10.1. The van der Waals surface area contributed by atoms with Crippen molar-refractivity contribution in [3.05, 3.63) is 24.3 Å². The van der Waals surface area contributed by atoms with Crippen molar-refractivity contribution in [2.75, 3.05) is 18.4 Å². The van der Waals surface area contributed by atoms with Crippen molar-refractivity contribution in [2.45, 2.75) is 56.3 Å². The van der Waals surface area contributed by atoms with Crippen LogP contribution in [0, 0.1) is 5.92 Å². The minimum absolute atomic E-state index is 0.0515. The number of rotatable bonds is 4. The molecule has 2 fully saturated rings. The normalized spacial score (nSPS) is 20.7. The van der Waals surface area contributed by atoms with Crippen molar-refractivity contribution < 1.29 is 13.2 Å². The zero-order chi connectivity index (χ0) is 17.0. The molecule has 1 aliphatic heterocycles. The second-order valence-electron chi connectivity index (χ2n) is 6.81. The van der Waals surface area contributed by atoms with Gasteiger partial charge in [0, 0.05) is 24.7 Å². The van der Waals surface area contributed by atoms with Crippen molar-refractivity contribution in [3.8, 4) is 0 Å². The molecule has 0 aromatic heterocycles. The summed E-state index contributed by atoms with van der Waals surface area (Å²) in [5.74, 6) is 0.154. The maximum Gasteiger partial charge on any atom is 0.243 e. The van der Waals surface area contributed by atoms with Gasteiger partial charge in [-0.25, -0.2) is 8.42 Å². The largest absolute Gasteiger partial charge is 0.326 e. The summed E-state index contributed by atoms with van der Waals surface area (Å²) in [7, 11) is -3.43. The summed E-state index contributed by atoms with van der Waals surface area (Å²) in [6.07, 6.45) is 8.18. The molecule has 0 radical (unpaired) electrons. The summed E-state index contributed by atoms with van der Waals surface area (Å²) in [4.78, 5) is 12.5. The van der Waals surface area contributed by atoms with E-state index in [1.807, 2.05) is 0 Å². The highest BCUT2D eigenvalue weighted by Crippen LogP contribution is 2.26. The van der Waals surface area contributed by atoms with Gasteiger partial charge in [0.05, 0.1) is 4.90 Å². The van der Waals surface area contributed by atoms with Crippen LogP contribution in [0.2, 0.25) is 0 Å². The van der Waals surface area contributed by atoms with E-state index in [0.717, 1.165) is 51.4 Å². The van der Waals surface area contributed by atoms with Crippen LogP contribution in [-0.2, 0) is 14.8 Å². The number of carbonyl (C=O) groups is 1. The van der Waals surface area contributed by atoms with Gasteiger partial charge in [0.2, 0.25) is 15.9 Å². The van der Waals surface area contributed by atoms with Crippen molar-refractivity contribution in [1.29, 1.82) is 0 Å². The molecule has 2 aliphatic rings. The third-order valence-corrected chi connectivity index (χ3v) is 6.96. The van der Waals surface area contributed by atoms with Crippen LogP contribution >= 0.6 is 0 Å². The average molecular weight is 350 g/mol. The number of nitrogens with one attached hydrogen (secondary N) is 1. The zero-order valence-electron chi connectivity index (χ0n) is 14.0.